The fourth-order valence-corrected chi connectivity index (χ4v) is 0.851. The Labute approximate surface area is 46.9 Å². The van der Waals surface area contributed by atoms with Crippen LogP contribution in [0.4, 0.5) is 8.78 Å². The molecule has 2 atom stereocenters. The van der Waals surface area contributed by atoms with Gasteiger partial charge in [-0.2, -0.15) is 0 Å². The first kappa shape index (κ1) is 5.95. The minimum absolute atomic E-state index is 0.120. The van der Waals surface area contributed by atoms with Gasteiger partial charge in [-0.3, -0.25) is 0 Å². The largest absolute Gasteiger partial charge is 0.330 e. The third kappa shape index (κ3) is 0.968. The molecule has 1 aliphatic carbocycles. The van der Waals surface area contributed by atoms with Crippen molar-refractivity contribution in [2.45, 2.75) is 12.8 Å². The van der Waals surface area contributed by atoms with Gasteiger partial charge in [-0.05, 0) is 18.9 Å². The van der Waals surface area contributed by atoms with E-state index >= 15 is 0 Å². The normalized spacial score (nSPS) is 36.0. The van der Waals surface area contributed by atoms with Crippen LogP contribution in [0.3, 0.4) is 0 Å². The molecule has 3 heteroatoms. The average molecular weight is 121 g/mol. The molecule has 0 aromatic heterocycles. The van der Waals surface area contributed by atoms with Crippen molar-refractivity contribution in [3.8, 4) is 0 Å². The molecule has 0 unspecified atom stereocenters. The summed E-state index contributed by atoms with van der Waals surface area (Å²) in [5.74, 6) is -0.255. The van der Waals surface area contributed by atoms with Crippen LogP contribution >= 0.6 is 0 Å². The highest BCUT2D eigenvalue weighted by molar-refractivity contribution is 4.88. The van der Waals surface area contributed by atoms with Crippen molar-refractivity contribution in [2.75, 3.05) is 6.54 Å². The van der Waals surface area contributed by atoms with E-state index in [0.717, 1.165) is 0 Å². The molecule has 0 heterocycles. The zero-order chi connectivity index (χ0) is 6.15. The van der Waals surface area contributed by atoms with Gasteiger partial charge in [0.2, 0.25) is 6.43 Å². The topological polar surface area (TPSA) is 26.0 Å². The molecule has 0 aromatic carbocycles. The Bertz CT molecular complexity index is 84.5. The SMILES string of the molecule is NC[C@@H]1C[C@@H]1C(F)F. The van der Waals surface area contributed by atoms with E-state index in [4.69, 9.17) is 5.73 Å². The Kier molecular flexibility index (Phi) is 1.47. The zero-order valence-corrected chi connectivity index (χ0v) is 4.48. The first-order chi connectivity index (χ1) is 3.75. The third-order valence-corrected chi connectivity index (χ3v) is 1.60. The lowest BCUT2D eigenvalue weighted by molar-refractivity contribution is 0.116. The van der Waals surface area contributed by atoms with Crippen LogP contribution in [-0.4, -0.2) is 13.0 Å². The summed E-state index contributed by atoms with van der Waals surface area (Å²) in [7, 11) is 0. The molecule has 1 nitrogen and oxygen atoms in total. The first-order valence-electron chi connectivity index (χ1n) is 2.74. The fourth-order valence-electron chi connectivity index (χ4n) is 0.851. The average Bonchev–Trinajstić information content (AvgIpc) is 2.42. The summed E-state index contributed by atoms with van der Waals surface area (Å²) in [6, 6.07) is 0. The van der Waals surface area contributed by atoms with Crippen molar-refractivity contribution in [1.29, 1.82) is 0 Å². The van der Waals surface area contributed by atoms with Crippen LogP contribution in [0.1, 0.15) is 6.42 Å². The van der Waals surface area contributed by atoms with Crippen LogP contribution in [0.15, 0.2) is 0 Å². The number of alkyl halides is 2. The second kappa shape index (κ2) is 1.97. The zero-order valence-electron chi connectivity index (χ0n) is 4.48. The summed E-state index contributed by atoms with van der Waals surface area (Å²) in [6.07, 6.45) is -1.50. The van der Waals surface area contributed by atoms with Gasteiger partial charge in [-0.1, -0.05) is 0 Å². The Balaban J connectivity index is 2.16. The Morgan fingerprint density at radius 3 is 2.38 bits per heavy atom. The van der Waals surface area contributed by atoms with Crippen LogP contribution in [-0.2, 0) is 0 Å². The predicted molar refractivity (Wildman–Crippen MR) is 26.7 cm³/mol. The van der Waals surface area contributed by atoms with Gasteiger partial charge in [0.15, 0.2) is 0 Å². The van der Waals surface area contributed by atoms with Crippen molar-refractivity contribution in [2.24, 2.45) is 17.6 Å². The number of hydrogen-bond acceptors (Lipinski definition) is 1. The lowest BCUT2D eigenvalue weighted by Crippen LogP contribution is -2.05. The molecule has 0 aliphatic heterocycles. The minimum Gasteiger partial charge on any atom is -0.330 e. The fraction of sp³-hybridized carbons (Fsp3) is 1.00. The molecule has 1 aliphatic rings. The van der Waals surface area contributed by atoms with E-state index in [9.17, 15) is 8.78 Å². The van der Waals surface area contributed by atoms with Crippen LogP contribution in [0.2, 0.25) is 0 Å². The van der Waals surface area contributed by atoms with Crippen molar-refractivity contribution in [1.82, 2.24) is 0 Å². The van der Waals surface area contributed by atoms with Gasteiger partial charge >= 0.3 is 0 Å². The molecular weight excluding hydrogens is 112 g/mol. The molecular formula is C5H9F2N. The molecule has 0 saturated heterocycles. The second-order valence-electron chi connectivity index (χ2n) is 2.23. The Hall–Kier alpha value is -0.180. The Morgan fingerprint density at radius 2 is 2.25 bits per heavy atom. The number of nitrogens with two attached hydrogens (primary N) is 1. The number of halogens is 2. The standard InChI is InChI=1S/C5H9F2N/c6-5(7)4-1-3(4)2-8/h3-5H,1-2,8H2/t3-,4-/m0/s1. The molecule has 0 aromatic rings. The van der Waals surface area contributed by atoms with E-state index in [-0.39, 0.29) is 11.8 Å². The molecule has 0 radical (unpaired) electrons. The van der Waals surface area contributed by atoms with Crippen molar-refractivity contribution in [3.05, 3.63) is 0 Å². The summed E-state index contributed by atoms with van der Waals surface area (Å²) >= 11 is 0. The summed E-state index contributed by atoms with van der Waals surface area (Å²) in [5.41, 5.74) is 5.13. The molecule has 1 fully saturated rings. The van der Waals surface area contributed by atoms with E-state index in [1.54, 1.807) is 0 Å². The summed E-state index contributed by atoms with van der Waals surface area (Å²) in [6.45, 7) is 0.426. The third-order valence-electron chi connectivity index (χ3n) is 1.60. The minimum atomic E-state index is -2.14. The molecule has 48 valence electrons. The van der Waals surface area contributed by atoms with E-state index in [1.807, 2.05) is 0 Å². The Morgan fingerprint density at radius 1 is 1.62 bits per heavy atom. The van der Waals surface area contributed by atoms with E-state index in [0.29, 0.717) is 13.0 Å². The summed E-state index contributed by atoms with van der Waals surface area (Å²) < 4.78 is 23.2. The van der Waals surface area contributed by atoms with Gasteiger partial charge in [-0.15, -0.1) is 0 Å². The van der Waals surface area contributed by atoms with Gasteiger partial charge < -0.3 is 5.73 Å². The van der Waals surface area contributed by atoms with Crippen LogP contribution in [0, 0.1) is 11.8 Å². The molecule has 0 spiro atoms. The van der Waals surface area contributed by atoms with Gasteiger partial charge in [0, 0.05) is 5.92 Å². The van der Waals surface area contributed by atoms with E-state index in [2.05, 4.69) is 0 Å². The summed E-state index contributed by atoms with van der Waals surface area (Å²) in [4.78, 5) is 0. The highest BCUT2D eigenvalue weighted by Crippen LogP contribution is 2.41. The van der Waals surface area contributed by atoms with Gasteiger partial charge in [0.1, 0.15) is 0 Å². The molecule has 2 N–H and O–H groups in total. The molecule has 8 heavy (non-hydrogen) atoms. The molecule has 0 bridgehead atoms. The highest BCUT2D eigenvalue weighted by atomic mass is 19.3. The molecule has 0 amide bonds. The number of hydrogen-bond donors (Lipinski definition) is 1. The lowest BCUT2D eigenvalue weighted by atomic mass is 10.3. The maximum absolute atomic E-state index is 11.6. The highest BCUT2D eigenvalue weighted by Gasteiger charge is 2.42. The van der Waals surface area contributed by atoms with Crippen LogP contribution in [0.25, 0.3) is 0 Å². The van der Waals surface area contributed by atoms with Gasteiger partial charge in [0.05, 0.1) is 0 Å². The number of rotatable bonds is 2. The van der Waals surface area contributed by atoms with E-state index in [1.165, 1.54) is 0 Å². The monoisotopic (exact) mass is 121 g/mol. The van der Waals surface area contributed by atoms with Gasteiger partial charge in [0.25, 0.3) is 0 Å². The molecule has 1 saturated carbocycles. The van der Waals surface area contributed by atoms with Gasteiger partial charge in [-0.25, -0.2) is 8.78 Å². The lowest BCUT2D eigenvalue weighted by Gasteiger charge is -1.91. The summed E-state index contributed by atoms with van der Waals surface area (Å²) in [5, 5.41) is 0. The maximum atomic E-state index is 11.6. The van der Waals surface area contributed by atoms with E-state index < -0.39 is 6.43 Å². The smallest absolute Gasteiger partial charge is 0.241 e. The van der Waals surface area contributed by atoms with Crippen LogP contribution < -0.4 is 5.73 Å². The van der Waals surface area contributed by atoms with Crippen molar-refractivity contribution in [3.63, 3.8) is 0 Å². The predicted octanol–water partition coefficient (Wildman–Crippen LogP) is 0.846. The quantitative estimate of drug-likeness (QED) is 0.575. The maximum Gasteiger partial charge on any atom is 0.241 e. The first-order valence-corrected chi connectivity index (χ1v) is 2.74. The van der Waals surface area contributed by atoms with Crippen LogP contribution in [0.5, 0.6) is 0 Å². The van der Waals surface area contributed by atoms with Crippen molar-refractivity contribution >= 4 is 0 Å². The van der Waals surface area contributed by atoms with Crippen molar-refractivity contribution < 1.29 is 8.78 Å². The molecule has 1 rings (SSSR count). The second-order valence-corrected chi connectivity index (χ2v) is 2.23.